The van der Waals surface area contributed by atoms with E-state index in [9.17, 15) is 19.0 Å². The van der Waals surface area contributed by atoms with Gasteiger partial charge in [-0.15, -0.1) is 0 Å². The molecule has 0 aliphatic carbocycles. The van der Waals surface area contributed by atoms with Crippen molar-refractivity contribution >= 4 is 19.7 Å². The Kier molecular flexibility index (Phi) is 60.1. The van der Waals surface area contributed by atoms with E-state index in [1.807, 2.05) is 94.1 Å². The predicted molar refractivity (Wildman–Crippen MR) is 358 cm³/mol. The Balaban J connectivity index is 5.09. The lowest BCUT2D eigenvalue weighted by Crippen LogP contribution is -2.47. The molecule has 10 heteroatoms. The molecular formula is C73H133N2O7P. The number of nitrogens with zero attached hydrogens (tertiary/aromatic N) is 1. The van der Waals surface area contributed by atoms with E-state index in [4.69, 9.17) is 13.8 Å². The maximum Gasteiger partial charge on any atom is 0.306 e. The van der Waals surface area contributed by atoms with Crippen LogP contribution in [-0.2, 0) is 27.9 Å². The maximum absolute atomic E-state index is 13.6. The third kappa shape index (κ3) is 63.5. The first-order valence-corrected chi connectivity index (χ1v) is 36.4. The molecule has 482 valence electrons. The Morgan fingerprint density at radius 1 is 0.434 bits per heavy atom. The first-order valence-electron chi connectivity index (χ1n) is 35.0. The van der Waals surface area contributed by atoms with Crippen molar-refractivity contribution in [2.24, 2.45) is 0 Å². The van der Waals surface area contributed by atoms with Gasteiger partial charge in [-0.1, -0.05) is 337 Å². The second-order valence-corrected chi connectivity index (χ2v) is 26.2. The van der Waals surface area contributed by atoms with Gasteiger partial charge < -0.3 is 28.5 Å². The van der Waals surface area contributed by atoms with E-state index in [0.29, 0.717) is 17.4 Å². The maximum atomic E-state index is 13.6. The summed E-state index contributed by atoms with van der Waals surface area (Å²) in [4.78, 5) is 40.1. The number of quaternary nitrogens is 1. The lowest BCUT2D eigenvalue weighted by molar-refractivity contribution is -0.870. The molecule has 0 aromatic heterocycles. The van der Waals surface area contributed by atoms with Crippen molar-refractivity contribution in [2.75, 3.05) is 40.9 Å². The van der Waals surface area contributed by atoms with E-state index in [-0.39, 0.29) is 31.3 Å². The molecule has 9 nitrogen and oxygen atoms in total. The molecular weight excluding hydrogens is 1050 g/mol. The Hall–Kier alpha value is -2.81. The van der Waals surface area contributed by atoms with E-state index >= 15 is 0 Å². The smallest absolute Gasteiger partial charge is 0.306 e. The van der Waals surface area contributed by atoms with Crippen LogP contribution in [0.2, 0.25) is 0 Å². The van der Waals surface area contributed by atoms with E-state index in [0.717, 1.165) is 64.2 Å². The van der Waals surface area contributed by atoms with Gasteiger partial charge in [-0.05, 0) is 51.0 Å². The Bertz CT molecular complexity index is 1700. The number of amides is 1. The van der Waals surface area contributed by atoms with Gasteiger partial charge in [0.25, 0.3) is 7.82 Å². The Morgan fingerprint density at radius 2 is 0.771 bits per heavy atom. The lowest BCUT2D eigenvalue weighted by atomic mass is 10.0. The molecule has 0 heterocycles. The van der Waals surface area contributed by atoms with E-state index in [1.54, 1.807) is 0 Å². The summed E-state index contributed by atoms with van der Waals surface area (Å²) in [6.45, 7) is 6.70. The number of carbonyl (C=O) groups excluding carboxylic acids is 2. The third-order valence-corrected chi connectivity index (χ3v) is 16.5. The van der Waals surface area contributed by atoms with Crippen molar-refractivity contribution in [1.29, 1.82) is 0 Å². The standard InChI is InChI=1S/C73H133N2O7P/c1-7-10-13-16-19-22-25-28-30-32-33-34-35-36-37-38-39-40-41-43-45-48-51-54-57-60-63-66-73(77)82-71(64-61-58-55-52-49-46-27-24-21-18-15-12-9-3)70(69-81-83(78,79)80-68-67-75(4,5)6)74-72(76)65-62-59-56-53-50-47-44-42-31-29-26-23-20-17-14-11-8-2/h11,14,17,20,23,26,29,31,42,44,47,50,61,64,70-71H,7-10,12-13,15-16,18-19,21-22,24-25,27-28,30,32-41,43,45-46,48-49,51-60,62-63,65-69H2,1-6H3,(H-,74,76,78,79)/b14-11-,20-17+,26-23+,31-29-,44-42+,50-47+,64-61-. The van der Waals surface area contributed by atoms with Gasteiger partial charge in [0.15, 0.2) is 0 Å². The number of allylic oxidation sites excluding steroid dienone is 13. The average Bonchev–Trinajstić information content (AvgIpc) is 3.46. The van der Waals surface area contributed by atoms with Gasteiger partial charge in [0, 0.05) is 12.8 Å². The quantitative estimate of drug-likeness (QED) is 0.0161. The number of hydrogen-bond donors (Lipinski definition) is 1. The van der Waals surface area contributed by atoms with Crippen molar-refractivity contribution < 1.29 is 37.3 Å². The molecule has 0 bridgehead atoms. The highest BCUT2D eigenvalue weighted by Gasteiger charge is 2.27. The summed E-state index contributed by atoms with van der Waals surface area (Å²) < 4.78 is 30.4. The van der Waals surface area contributed by atoms with Crippen LogP contribution in [0, 0.1) is 0 Å². The molecule has 0 aromatic carbocycles. The van der Waals surface area contributed by atoms with Crippen molar-refractivity contribution in [1.82, 2.24) is 5.32 Å². The van der Waals surface area contributed by atoms with Crippen LogP contribution in [0.4, 0.5) is 0 Å². The number of carbonyl (C=O) groups is 2. The molecule has 0 aliphatic rings. The molecule has 3 unspecified atom stereocenters. The Morgan fingerprint density at radius 3 is 1.17 bits per heavy atom. The van der Waals surface area contributed by atoms with E-state index in [1.165, 1.54) is 212 Å². The average molecular weight is 1180 g/mol. The summed E-state index contributed by atoms with van der Waals surface area (Å²) in [5.41, 5.74) is 0. The molecule has 0 saturated carbocycles. The molecule has 0 fully saturated rings. The lowest BCUT2D eigenvalue weighted by Gasteiger charge is -2.30. The number of phosphoric acid groups is 1. The summed E-state index contributed by atoms with van der Waals surface area (Å²) in [5.74, 6) is -0.584. The number of esters is 1. The van der Waals surface area contributed by atoms with Crippen LogP contribution in [0.15, 0.2) is 85.1 Å². The summed E-state index contributed by atoms with van der Waals surface area (Å²) in [7, 11) is 1.15. The molecule has 3 atom stereocenters. The summed E-state index contributed by atoms with van der Waals surface area (Å²) in [6.07, 6.45) is 82.9. The van der Waals surface area contributed by atoms with Crippen molar-refractivity contribution in [2.45, 2.75) is 328 Å². The van der Waals surface area contributed by atoms with Gasteiger partial charge >= 0.3 is 5.97 Å². The highest BCUT2D eigenvalue weighted by atomic mass is 31.2. The zero-order valence-corrected chi connectivity index (χ0v) is 56.0. The minimum Gasteiger partial charge on any atom is -0.756 e. The Labute approximate surface area is 514 Å². The number of phosphoric ester groups is 1. The second-order valence-electron chi connectivity index (χ2n) is 24.8. The van der Waals surface area contributed by atoms with Gasteiger partial charge in [0.1, 0.15) is 19.3 Å². The van der Waals surface area contributed by atoms with Crippen LogP contribution in [0.5, 0.6) is 0 Å². The SMILES string of the molecule is CC\C=C/C=C/C=C/C=C\C=C\C=C\CCCCCC(=O)NC(COP(=O)([O-])OCC[N+](C)(C)C)C(/C=C\CCCCCCCCCCCCC)OC(=O)CCCCCCCCCCCCCCCCCCCCCCCCCCCCC. The third-order valence-electron chi connectivity index (χ3n) is 15.5. The van der Waals surface area contributed by atoms with Crippen LogP contribution in [0.1, 0.15) is 316 Å². The highest BCUT2D eigenvalue weighted by Crippen LogP contribution is 2.38. The number of unbranched alkanes of at least 4 members (excludes halogenated alkanes) is 40. The number of rotatable bonds is 63. The molecule has 83 heavy (non-hydrogen) atoms. The van der Waals surface area contributed by atoms with Gasteiger partial charge in [-0.3, -0.25) is 14.2 Å². The van der Waals surface area contributed by atoms with Gasteiger partial charge in [-0.2, -0.15) is 0 Å². The minimum atomic E-state index is -4.72. The van der Waals surface area contributed by atoms with Gasteiger partial charge in [0.2, 0.25) is 5.91 Å². The topological polar surface area (TPSA) is 114 Å². The number of nitrogens with one attached hydrogen (secondary N) is 1. The first-order chi connectivity index (χ1) is 40.4. The zero-order valence-electron chi connectivity index (χ0n) is 55.1. The minimum absolute atomic E-state index is 0.0337. The fraction of sp³-hybridized carbons (Fsp3) is 0.781. The molecule has 0 rings (SSSR count). The summed E-state index contributed by atoms with van der Waals surface area (Å²) in [6, 6.07) is -0.915. The predicted octanol–water partition coefficient (Wildman–Crippen LogP) is 21.5. The monoisotopic (exact) mass is 1180 g/mol. The van der Waals surface area contributed by atoms with Crippen LogP contribution >= 0.6 is 7.82 Å². The van der Waals surface area contributed by atoms with Crippen LogP contribution < -0.4 is 10.2 Å². The molecule has 1 N–H and O–H groups in total. The normalized spacial score (nSPS) is 14.1. The number of likely N-dealkylation sites (N-methyl/N-ethyl adjacent to an activating group) is 1. The molecule has 0 saturated heterocycles. The molecule has 0 aromatic rings. The van der Waals surface area contributed by atoms with Crippen LogP contribution in [0.25, 0.3) is 0 Å². The molecule has 0 aliphatic heterocycles. The van der Waals surface area contributed by atoms with Gasteiger partial charge in [0.05, 0.1) is 33.8 Å². The number of hydrogen-bond acceptors (Lipinski definition) is 7. The van der Waals surface area contributed by atoms with Gasteiger partial charge in [-0.25, -0.2) is 0 Å². The molecule has 1 amide bonds. The van der Waals surface area contributed by atoms with E-state index < -0.39 is 26.6 Å². The summed E-state index contributed by atoms with van der Waals surface area (Å²) in [5, 5.41) is 3.01. The molecule has 0 radical (unpaired) electrons. The second kappa shape index (κ2) is 62.2. The van der Waals surface area contributed by atoms with Crippen LogP contribution in [0.3, 0.4) is 0 Å². The molecule has 0 spiro atoms. The first kappa shape index (κ1) is 80.2. The van der Waals surface area contributed by atoms with Crippen LogP contribution in [-0.4, -0.2) is 69.4 Å². The zero-order chi connectivity index (χ0) is 60.7. The van der Waals surface area contributed by atoms with Crippen molar-refractivity contribution in [3.63, 3.8) is 0 Å². The van der Waals surface area contributed by atoms with Crippen molar-refractivity contribution in [3.05, 3.63) is 85.1 Å². The van der Waals surface area contributed by atoms with Crippen molar-refractivity contribution in [3.8, 4) is 0 Å². The fourth-order valence-electron chi connectivity index (χ4n) is 10.1. The number of ether oxygens (including phenoxy) is 1. The highest BCUT2D eigenvalue weighted by molar-refractivity contribution is 7.45. The fourth-order valence-corrected chi connectivity index (χ4v) is 10.9. The largest absolute Gasteiger partial charge is 0.756 e. The van der Waals surface area contributed by atoms with E-state index in [2.05, 4.69) is 38.2 Å². The summed E-state index contributed by atoms with van der Waals surface area (Å²) >= 11 is 0.